The van der Waals surface area contributed by atoms with Gasteiger partial charge in [0.1, 0.15) is 12.4 Å². The molecule has 2 N–H and O–H groups in total. The van der Waals surface area contributed by atoms with Crippen LogP contribution in [0.2, 0.25) is 0 Å². The van der Waals surface area contributed by atoms with Gasteiger partial charge in [-0.1, -0.05) is 0 Å². The van der Waals surface area contributed by atoms with Gasteiger partial charge in [-0.3, -0.25) is 9.78 Å². The molecule has 1 aliphatic carbocycles. The first-order valence-electron chi connectivity index (χ1n) is 8.28. The molecule has 1 aromatic rings. The summed E-state index contributed by atoms with van der Waals surface area (Å²) in [5, 5.41) is 6.19. The fraction of sp³-hybridized carbons (Fsp3) is 0.647. The number of ether oxygens (including phenoxy) is 1. The summed E-state index contributed by atoms with van der Waals surface area (Å²) in [6.07, 6.45) is 8.42. The third-order valence-electron chi connectivity index (χ3n) is 4.59. The van der Waals surface area contributed by atoms with Gasteiger partial charge in [-0.25, -0.2) is 0 Å². The van der Waals surface area contributed by atoms with Gasteiger partial charge in [0.15, 0.2) is 0 Å². The maximum absolute atomic E-state index is 10.8. The minimum atomic E-state index is 0.0577. The van der Waals surface area contributed by atoms with E-state index in [1.165, 1.54) is 24.8 Å². The molecule has 1 aliphatic heterocycles. The van der Waals surface area contributed by atoms with Crippen molar-refractivity contribution >= 4 is 5.91 Å². The Labute approximate surface area is 131 Å². The average Bonchev–Trinajstić information content (AvgIpc) is 3.22. The molecule has 0 aromatic carbocycles. The molecule has 1 amide bonds. The molecule has 0 bridgehead atoms. The number of aromatic nitrogens is 1. The van der Waals surface area contributed by atoms with Crippen LogP contribution in [0.1, 0.15) is 44.1 Å². The molecule has 22 heavy (non-hydrogen) atoms. The molecule has 3 rings (SSSR count). The number of rotatable bonds is 8. The minimum Gasteiger partial charge on any atom is -0.490 e. The summed E-state index contributed by atoms with van der Waals surface area (Å²) < 4.78 is 5.82. The van der Waals surface area contributed by atoms with Crippen LogP contribution >= 0.6 is 0 Å². The molecule has 2 fully saturated rings. The summed E-state index contributed by atoms with van der Waals surface area (Å²) in [7, 11) is 0. The van der Waals surface area contributed by atoms with E-state index >= 15 is 0 Å². The molecule has 3 atom stereocenters. The highest BCUT2D eigenvalue weighted by Crippen LogP contribution is 2.50. The van der Waals surface area contributed by atoms with Gasteiger partial charge >= 0.3 is 0 Å². The summed E-state index contributed by atoms with van der Waals surface area (Å²) in [6.45, 7) is 4.19. The van der Waals surface area contributed by atoms with E-state index in [4.69, 9.17) is 4.74 Å². The second kappa shape index (κ2) is 7.09. The summed E-state index contributed by atoms with van der Waals surface area (Å²) in [5.74, 6) is 2.30. The summed E-state index contributed by atoms with van der Waals surface area (Å²) in [4.78, 5) is 15.1. The van der Waals surface area contributed by atoms with Gasteiger partial charge in [0.05, 0.1) is 6.20 Å². The Morgan fingerprint density at radius 2 is 2.36 bits per heavy atom. The van der Waals surface area contributed by atoms with E-state index < -0.39 is 0 Å². The first-order chi connectivity index (χ1) is 10.7. The highest BCUT2D eigenvalue weighted by molar-refractivity contribution is 5.72. The number of hydrogen-bond donors (Lipinski definition) is 2. The molecule has 1 saturated carbocycles. The van der Waals surface area contributed by atoms with Crippen molar-refractivity contribution < 1.29 is 9.53 Å². The first-order valence-corrected chi connectivity index (χ1v) is 8.28. The lowest BCUT2D eigenvalue weighted by Gasteiger charge is -2.27. The largest absolute Gasteiger partial charge is 0.490 e. The third-order valence-corrected chi connectivity index (χ3v) is 4.59. The average molecular weight is 303 g/mol. The molecule has 120 valence electrons. The Morgan fingerprint density at radius 3 is 3.09 bits per heavy atom. The SMILES string of the molecule is CC(=O)NCCC[C@H]1C[C@@H]1c1cncc(OC[C@@H]2CCN2)c1. The lowest BCUT2D eigenvalue weighted by molar-refractivity contribution is -0.118. The number of hydrogen-bond acceptors (Lipinski definition) is 4. The van der Waals surface area contributed by atoms with Crippen molar-refractivity contribution in [2.24, 2.45) is 5.92 Å². The van der Waals surface area contributed by atoms with E-state index in [2.05, 4.69) is 21.7 Å². The molecular weight excluding hydrogens is 278 g/mol. The number of amides is 1. The van der Waals surface area contributed by atoms with Gasteiger partial charge in [-0.15, -0.1) is 0 Å². The van der Waals surface area contributed by atoms with Gasteiger partial charge < -0.3 is 15.4 Å². The fourth-order valence-electron chi connectivity index (χ4n) is 3.01. The zero-order valence-corrected chi connectivity index (χ0v) is 13.2. The summed E-state index contributed by atoms with van der Waals surface area (Å²) in [6, 6.07) is 2.65. The van der Waals surface area contributed by atoms with Crippen molar-refractivity contribution in [1.82, 2.24) is 15.6 Å². The van der Waals surface area contributed by atoms with Crippen molar-refractivity contribution in [3.63, 3.8) is 0 Å². The standard InChI is InChI=1S/C17H25N3O2/c1-12(21)19-5-2-3-13-8-17(13)14-7-16(10-18-9-14)22-11-15-4-6-20-15/h7,9-10,13,15,17,20H,2-6,8,11H2,1H3,(H,19,21)/t13-,15-,17-/m0/s1. The van der Waals surface area contributed by atoms with Crippen molar-refractivity contribution in [1.29, 1.82) is 0 Å². The minimum absolute atomic E-state index is 0.0577. The molecule has 5 nitrogen and oxygen atoms in total. The van der Waals surface area contributed by atoms with E-state index in [1.807, 2.05) is 6.20 Å². The lowest BCUT2D eigenvalue weighted by atomic mass is 10.1. The molecule has 0 radical (unpaired) electrons. The Kier molecular flexibility index (Phi) is 4.93. The van der Waals surface area contributed by atoms with Crippen LogP contribution in [-0.2, 0) is 4.79 Å². The monoisotopic (exact) mass is 303 g/mol. The molecular formula is C17H25N3O2. The van der Waals surface area contributed by atoms with Crippen LogP contribution < -0.4 is 15.4 Å². The van der Waals surface area contributed by atoms with E-state index in [0.717, 1.165) is 37.8 Å². The smallest absolute Gasteiger partial charge is 0.216 e. The molecule has 0 unspecified atom stereocenters. The van der Waals surface area contributed by atoms with E-state index in [1.54, 1.807) is 13.1 Å². The van der Waals surface area contributed by atoms with Crippen LogP contribution in [0, 0.1) is 5.92 Å². The van der Waals surface area contributed by atoms with E-state index in [-0.39, 0.29) is 5.91 Å². The van der Waals surface area contributed by atoms with Gasteiger partial charge in [-0.05, 0) is 55.7 Å². The van der Waals surface area contributed by atoms with Crippen molar-refractivity contribution in [3.8, 4) is 5.75 Å². The molecule has 5 heteroatoms. The van der Waals surface area contributed by atoms with Crippen LogP contribution in [0.3, 0.4) is 0 Å². The number of nitrogens with zero attached hydrogens (tertiary/aromatic N) is 1. The predicted octanol–water partition coefficient (Wildman–Crippen LogP) is 1.84. The molecule has 2 aliphatic rings. The van der Waals surface area contributed by atoms with Gasteiger partial charge in [0, 0.05) is 25.7 Å². The number of pyridine rings is 1. The van der Waals surface area contributed by atoms with Crippen LogP contribution in [-0.4, -0.2) is 36.6 Å². The second-order valence-electron chi connectivity index (χ2n) is 6.43. The topological polar surface area (TPSA) is 63.2 Å². The summed E-state index contributed by atoms with van der Waals surface area (Å²) >= 11 is 0. The number of nitrogens with one attached hydrogen (secondary N) is 2. The third kappa shape index (κ3) is 4.19. The Morgan fingerprint density at radius 1 is 1.50 bits per heavy atom. The van der Waals surface area contributed by atoms with E-state index in [0.29, 0.717) is 12.0 Å². The van der Waals surface area contributed by atoms with Crippen LogP contribution in [0.4, 0.5) is 0 Å². The normalized spacial score (nSPS) is 26.1. The highest BCUT2D eigenvalue weighted by atomic mass is 16.5. The maximum atomic E-state index is 10.8. The fourth-order valence-corrected chi connectivity index (χ4v) is 3.01. The highest BCUT2D eigenvalue weighted by Gasteiger charge is 2.37. The molecule has 1 aromatic heterocycles. The summed E-state index contributed by atoms with van der Waals surface area (Å²) in [5.41, 5.74) is 1.29. The van der Waals surface area contributed by atoms with Crippen LogP contribution in [0.25, 0.3) is 0 Å². The van der Waals surface area contributed by atoms with Gasteiger partial charge in [0.2, 0.25) is 5.91 Å². The Bertz CT molecular complexity index is 516. The van der Waals surface area contributed by atoms with Gasteiger partial charge in [-0.2, -0.15) is 0 Å². The van der Waals surface area contributed by atoms with Crippen molar-refractivity contribution in [2.75, 3.05) is 19.7 Å². The zero-order valence-electron chi connectivity index (χ0n) is 13.2. The lowest BCUT2D eigenvalue weighted by Crippen LogP contribution is -2.46. The molecule has 2 heterocycles. The zero-order chi connectivity index (χ0) is 15.4. The quantitative estimate of drug-likeness (QED) is 0.719. The van der Waals surface area contributed by atoms with Crippen LogP contribution in [0.15, 0.2) is 18.5 Å². The predicted molar refractivity (Wildman–Crippen MR) is 84.9 cm³/mol. The van der Waals surface area contributed by atoms with Crippen LogP contribution in [0.5, 0.6) is 5.75 Å². The van der Waals surface area contributed by atoms with Crippen molar-refractivity contribution in [2.45, 2.75) is 44.6 Å². The second-order valence-corrected chi connectivity index (χ2v) is 6.43. The Hall–Kier alpha value is -1.62. The molecule has 1 saturated heterocycles. The maximum Gasteiger partial charge on any atom is 0.216 e. The number of carbonyl (C=O) groups excluding carboxylic acids is 1. The Balaban J connectivity index is 1.41. The first kappa shape index (κ1) is 15.3. The van der Waals surface area contributed by atoms with Crippen molar-refractivity contribution in [3.05, 3.63) is 24.0 Å². The number of carbonyl (C=O) groups is 1. The van der Waals surface area contributed by atoms with Gasteiger partial charge in [0.25, 0.3) is 0 Å². The van der Waals surface area contributed by atoms with E-state index in [9.17, 15) is 4.79 Å². The molecule has 0 spiro atoms.